The fourth-order valence-corrected chi connectivity index (χ4v) is 4.64. The van der Waals surface area contributed by atoms with Gasteiger partial charge in [0.2, 0.25) is 0 Å². The molecule has 3 heteroatoms. The normalized spacial score (nSPS) is 16.0. The van der Waals surface area contributed by atoms with Crippen molar-refractivity contribution >= 4 is 5.69 Å². The first-order valence-corrected chi connectivity index (χ1v) is 11.4. The summed E-state index contributed by atoms with van der Waals surface area (Å²) in [7, 11) is 0. The summed E-state index contributed by atoms with van der Waals surface area (Å²) < 4.78 is 13.1. The van der Waals surface area contributed by atoms with Crippen molar-refractivity contribution < 1.29 is 4.39 Å². The van der Waals surface area contributed by atoms with Crippen LogP contribution in [0.25, 0.3) is 0 Å². The largest absolute Gasteiger partial charge is 0.359 e. The predicted molar refractivity (Wildman–Crippen MR) is 126 cm³/mol. The topological polar surface area (TPSA) is 15.3 Å². The first-order valence-electron chi connectivity index (χ1n) is 11.4. The molecular weight excluding hydrogens is 371 g/mol. The molecule has 30 heavy (non-hydrogen) atoms. The van der Waals surface area contributed by atoms with Gasteiger partial charge >= 0.3 is 0 Å². The van der Waals surface area contributed by atoms with Crippen molar-refractivity contribution in [1.29, 1.82) is 0 Å². The molecule has 3 rings (SSSR count). The van der Waals surface area contributed by atoms with Crippen molar-refractivity contribution in [2.24, 2.45) is 11.3 Å². The van der Waals surface area contributed by atoms with Crippen LogP contribution in [0.15, 0.2) is 60.9 Å². The molecule has 1 heterocycles. The molecule has 2 aromatic rings. The van der Waals surface area contributed by atoms with Gasteiger partial charge in [-0.15, -0.1) is 0 Å². The van der Waals surface area contributed by atoms with Crippen LogP contribution in [0, 0.1) is 17.2 Å². The van der Waals surface area contributed by atoms with Crippen molar-refractivity contribution in [2.75, 3.05) is 18.4 Å². The second-order valence-corrected chi connectivity index (χ2v) is 9.26. The van der Waals surface area contributed by atoms with Gasteiger partial charge in [0.05, 0.1) is 5.82 Å². The molecule has 1 aliphatic heterocycles. The third-order valence-electron chi connectivity index (χ3n) is 6.83. The highest BCUT2D eigenvalue weighted by Crippen LogP contribution is 2.39. The van der Waals surface area contributed by atoms with E-state index in [4.69, 9.17) is 0 Å². The van der Waals surface area contributed by atoms with Crippen LogP contribution < -0.4 is 5.32 Å². The van der Waals surface area contributed by atoms with E-state index >= 15 is 0 Å². The lowest BCUT2D eigenvalue weighted by Crippen LogP contribution is -2.40. The van der Waals surface area contributed by atoms with E-state index < -0.39 is 0 Å². The van der Waals surface area contributed by atoms with Gasteiger partial charge in [0.25, 0.3) is 0 Å². The molecule has 0 saturated carbocycles. The van der Waals surface area contributed by atoms with E-state index in [1.165, 1.54) is 49.8 Å². The Morgan fingerprint density at radius 3 is 2.37 bits per heavy atom. The second-order valence-electron chi connectivity index (χ2n) is 9.26. The molecule has 0 radical (unpaired) electrons. The molecule has 1 N–H and O–H groups in total. The maximum Gasteiger partial charge on any atom is 0.123 e. The molecule has 162 valence electrons. The summed E-state index contributed by atoms with van der Waals surface area (Å²) >= 11 is 0. The second kappa shape index (κ2) is 10.1. The zero-order valence-corrected chi connectivity index (χ0v) is 18.9. The standard InChI is InChI=1S/C27H37FN2/c1-5-22(6-2)20-27(4)14-16-30(17-15-27)21(3)29-26-9-7-8-24(19-26)18-23-10-12-25(28)13-11-23/h7-13,19,22,29H,3,5-6,14-18,20H2,1-2,4H3. The highest BCUT2D eigenvalue weighted by Gasteiger charge is 2.32. The van der Waals surface area contributed by atoms with Gasteiger partial charge in [-0.3, -0.25) is 0 Å². The lowest BCUT2D eigenvalue weighted by molar-refractivity contribution is 0.113. The van der Waals surface area contributed by atoms with E-state index in [1.807, 2.05) is 12.1 Å². The van der Waals surface area contributed by atoms with Crippen molar-refractivity contribution in [3.05, 3.63) is 77.9 Å². The van der Waals surface area contributed by atoms with Crippen LogP contribution in [0.4, 0.5) is 10.1 Å². The predicted octanol–water partition coefficient (Wildman–Crippen LogP) is 7.23. The number of anilines is 1. The minimum Gasteiger partial charge on any atom is -0.359 e. The third kappa shape index (κ3) is 6.10. The molecule has 0 atom stereocenters. The molecule has 2 aromatic carbocycles. The van der Waals surface area contributed by atoms with Crippen LogP contribution in [0.3, 0.4) is 0 Å². The molecule has 1 aliphatic rings. The summed E-state index contributed by atoms with van der Waals surface area (Å²) in [6, 6.07) is 15.2. The maximum absolute atomic E-state index is 13.1. The van der Waals surface area contributed by atoms with Crippen LogP contribution in [0.5, 0.6) is 0 Å². The van der Waals surface area contributed by atoms with Crippen LogP contribution in [0.2, 0.25) is 0 Å². The molecule has 1 saturated heterocycles. The van der Waals surface area contributed by atoms with Crippen LogP contribution in [-0.2, 0) is 6.42 Å². The quantitative estimate of drug-likeness (QED) is 0.471. The zero-order chi connectivity index (χ0) is 21.6. The molecule has 0 unspecified atom stereocenters. The highest BCUT2D eigenvalue weighted by atomic mass is 19.1. The van der Waals surface area contributed by atoms with Gasteiger partial charge in [0, 0.05) is 18.8 Å². The molecule has 2 nitrogen and oxygen atoms in total. The van der Waals surface area contributed by atoms with Gasteiger partial charge in [-0.25, -0.2) is 4.39 Å². The van der Waals surface area contributed by atoms with E-state index in [9.17, 15) is 4.39 Å². The van der Waals surface area contributed by atoms with Crippen LogP contribution in [-0.4, -0.2) is 18.0 Å². The van der Waals surface area contributed by atoms with E-state index in [2.05, 4.69) is 61.8 Å². The Hall–Kier alpha value is -2.29. The molecule has 1 fully saturated rings. The first kappa shape index (κ1) is 22.4. The van der Waals surface area contributed by atoms with Gasteiger partial charge in [-0.2, -0.15) is 0 Å². The fraction of sp³-hybridized carbons (Fsp3) is 0.481. The minimum atomic E-state index is -0.192. The van der Waals surface area contributed by atoms with Gasteiger partial charge in [0.1, 0.15) is 5.82 Å². The minimum absolute atomic E-state index is 0.192. The van der Waals surface area contributed by atoms with Crippen LogP contribution >= 0.6 is 0 Å². The fourth-order valence-electron chi connectivity index (χ4n) is 4.64. The smallest absolute Gasteiger partial charge is 0.123 e. The lowest BCUT2D eigenvalue weighted by Gasteiger charge is -2.42. The highest BCUT2D eigenvalue weighted by molar-refractivity contribution is 5.50. The molecule has 0 bridgehead atoms. The van der Waals surface area contributed by atoms with E-state index in [0.29, 0.717) is 5.41 Å². The molecule has 0 aliphatic carbocycles. The van der Waals surface area contributed by atoms with E-state index in [-0.39, 0.29) is 5.82 Å². The number of halogens is 1. The number of likely N-dealkylation sites (tertiary alicyclic amines) is 1. The van der Waals surface area contributed by atoms with Crippen LogP contribution in [0.1, 0.15) is 64.0 Å². The number of hydrogen-bond acceptors (Lipinski definition) is 2. The van der Waals surface area contributed by atoms with E-state index in [0.717, 1.165) is 42.5 Å². The number of piperidine rings is 1. The Labute approximate surface area is 182 Å². The van der Waals surface area contributed by atoms with Gasteiger partial charge < -0.3 is 10.2 Å². The van der Waals surface area contributed by atoms with Crippen molar-refractivity contribution in [3.63, 3.8) is 0 Å². The number of nitrogens with one attached hydrogen (secondary N) is 1. The van der Waals surface area contributed by atoms with Crippen molar-refractivity contribution in [3.8, 4) is 0 Å². The summed E-state index contributed by atoms with van der Waals surface area (Å²) in [5, 5.41) is 3.51. The zero-order valence-electron chi connectivity index (χ0n) is 18.9. The molecule has 0 spiro atoms. The monoisotopic (exact) mass is 408 g/mol. The lowest BCUT2D eigenvalue weighted by atomic mass is 9.72. The number of benzene rings is 2. The maximum atomic E-state index is 13.1. The van der Waals surface area contributed by atoms with E-state index in [1.54, 1.807) is 0 Å². The number of rotatable bonds is 9. The average molecular weight is 409 g/mol. The summed E-state index contributed by atoms with van der Waals surface area (Å²) in [5.41, 5.74) is 3.84. The average Bonchev–Trinajstić information content (AvgIpc) is 2.74. The Morgan fingerprint density at radius 1 is 1.07 bits per heavy atom. The summed E-state index contributed by atoms with van der Waals surface area (Å²) in [4.78, 5) is 2.39. The van der Waals surface area contributed by atoms with Crippen molar-refractivity contribution in [1.82, 2.24) is 4.90 Å². The molecule has 0 amide bonds. The van der Waals surface area contributed by atoms with Gasteiger partial charge in [-0.1, -0.05) is 64.5 Å². The summed E-state index contributed by atoms with van der Waals surface area (Å²) in [5.74, 6) is 1.65. The first-order chi connectivity index (χ1) is 14.4. The van der Waals surface area contributed by atoms with Gasteiger partial charge in [-0.05, 0) is 72.4 Å². The Morgan fingerprint density at radius 2 is 1.73 bits per heavy atom. The van der Waals surface area contributed by atoms with Gasteiger partial charge in [0.15, 0.2) is 0 Å². The molecular formula is C27H37FN2. The molecule has 0 aromatic heterocycles. The Bertz CT molecular complexity index is 815. The SMILES string of the molecule is C=C(Nc1cccc(Cc2ccc(F)cc2)c1)N1CCC(C)(CC(CC)CC)CC1. The van der Waals surface area contributed by atoms with Crippen molar-refractivity contribution in [2.45, 2.75) is 59.3 Å². The summed E-state index contributed by atoms with van der Waals surface area (Å²) in [6.45, 7) is 13.6. The Balaban J connectivity index is 1.54. The number of nitrogens with zero attached hydrogens (tertiary/aromatic N) is 1. The summed E-state index contributed by atoms with van der Waals surface area (Å²) in [6.07, 6.45) is 7.18. The number of hydrogen-bond donors (Lipinski definition) is 1. The third-order valence-corrected chi connectivity index (χ3v) is 6.83. The Kier molecular flexibility index (Phi) is 7.58.